The minimum absolute atomic E-state index is 0. The summed E-state index contributed by atoms with van der Waals surface area (Å²) in [6.07, 6.45) is 0. The van der Waals surface area contributed by atoms with Crippen molar-refractivity contribution < 1.29 is 4.39 Å². The lowest BCUT2D eigenvalue weighted by Gasteiger charge is -2.35. The predicted molar refractivity (Wildman–Crippen MR) is 84.3 cm³/mol. The highest BCUT2D eigenvalue weighted by molar-refractivity contribution is 7.08. The van der Waals surface area contributed by atoms with E-state index in [1.807, 2.05) is 6.07 Å². The van der Waals surface area contributed by atoms with Gasteiger partial charge in [0.25, 0.3) is 0 Å². The fourth-order valence-corrected chi connectivity index (χ4v) is 3.34. The molecule has 1 aromatic heterocycles. The molecule has 5 heteroatoms. The van der Waals surface area contributed by atoms with Crippen molar-refractivity contribution in [2.75, 3.05) is 26.2 Å². The molecule has 2 aromatic rings. The van der Waals surface area contributed by atoms with Crippen LogP contribution in [-0.4, -0.2) is 31.1 Å². The van der Waals surface area contributed by atoms with Crippen molar-refractivity contribution in [3.05, 3.63) is 58.0 Å². The molecule has 0 bridgehead atoms. The zero-order valence-electron chi connectivity index (χ0n) is 11.1. The lowest BCUT2D eigenvalue weighted by molar-refractivity contribution is 0.198. The number of halogens is 2. The molecule has 0 unspecified atom stereocenters. The molecule has 0 saturated carbocycles. The van der Waals surface area contributed by atoms with E-state index in [0.717, 1.165) is 31.7 Å². The van der Waals surface area contributed by atoms with Gasteiger partial charge >= 0.3 is 0 Å². The minimum atomic E-state index is -0.159. The van der Waals surface area contributed by atoms with Crippen LogP contribution in [-0.2, 0) is 0 Å². The van der Waals surface area contributed by atoms with Gasteiger partial charge in [0.15, 0.2) is 0 Å². The summed E-state index contributed by atoms with van der Waals surface area (Å²) in [5.74, 6) is -0.159. The van der Waals surface area contributed by atoms with Gasteiger partial charge in [-0.25, -0.2) is 4.39 Å². The Morgan fingerprint density at radius 2 is 1.95 bits per heavy atom. The minimum Gasteiger partial charge on any atom is -0.314 e. The van der Waals surface area contributed by atoms with Gasteiger partial charge in [-0.3, -0.25) is 4.90 Å². The second-order valence-electron chi connectivity index (χ2n) is 4.80. The molecule has 2 nitrogen and oxygen atoms in total. The molecule has 1 fully saturated rings. The van der Waals surface area contributed by atoms with Crippen molar-refractivity contribution in [3.63, 3.8) is 0 Å². The van der Waals surface area contributed by atoms with Crippen LogP contribution in [0.3, 0.4) is 0 Å². The number of piperazine rings is 1. The van der Waals surface area contributed by atoms with Gasteiger partial charge in [-0.05, 0) is 40.1 Å². The van der Waals surface area contributed by atoms with Crippen LogP contribution in [0.5, 0.6) is 0 Å². The van der Waals surface area contributed by atoms with Gasteiger partial charge < -0.3 is 5.32 Å². The molecule has 108 valence electrons. The average molecular weight is 313 g/mol. The van der Waals surface area contributed by atoms with Crippen LogP contribution in [0.15, 0.2) is 41.1 Å². The van der Waals surface area contributed by atoms with E-state index >= 15 is 0 Å². The second-order valence-corrected chi connectivity index (χ2v) is 5.58. The Morgan fingerprint density at radius 1 is 1.15 bits per heavy atom. The molecule has 1 N–H and O–H groups in total. The average Bonchev–Trinajstić information content (AvgIpc) is 2.94. The molecule has 1 atom stereocenters. The fourth-order valence-electron chi connectivity index (χ4n) is 2.66. The van der Waals surface area contributed by atoms with Gasteiger partial charge in [-0.1, -0.05) is 12.1 Å². The third-order valence-electron chi connectivity index (χ3n) is 3.54. The topological polar surface area (TPSA) is 15.3 Å². The Morgan fingerprint density at radius 3 is 2.60 bits per heavy atom. The van der Waals surface area contributed by atoms with Crippen LogP contribution < -0.4 is 5.32 Å². The van der Waals surface area contributed by atoms with E-state index in [1.165, 1.54) is 11.6 Å². The molecular formula is C15H18ClFN2S. The Bertz CT molecular complexity index is 526. The lowest BCUT2D eigenvalue weighted by Crippen LogP contribution is -2.45. The number of benzene rings is 1. The first kappa shape index (κ1) is 15.4. The van der Waals surface area contributed by atoms with Crippen molar-refractivity contribution in [1.29, 1.82) is 0 Å². The van der Waals surface area contributed by atoms with E-state index < -0.39 is 0 Å². The first-order chi connectivity index (χ1) is 9.34. The maximum absolute atomic E-state index is 13.5. The predicted octanol–water partition coefficient (Wildman–Crippen LogP) is 3.30. The lowest BCUT2D eigenvalue weighted by atomic mass is 9.99. The molecule has 1 saturated heterocycles. The van der Waals surface area contributed by atoms with Crippen LogP contribution >= 0.6 is 23.7 Å². The maximum Gasteiger partial charge on any atom is 0.123 e. The zero-order valence-corrected chi connectivity index (χ0v) is 12.7. The highest BCUT2D eigenvalue weighted by atomic mass is 35.5. The number of thiophene rings is 1. The third-order valence-corrected chi connectivity index (χ3v) is 4.24. The SMILES string of the molecule is Cl.Fc1cccc([C@H](c2ccsc2)N2CCNCC2)c1. The highest BCUT2D eigenvalue weighted by Crippen LogP contribution is 2.30. The molecule has 1 aliphatic rings. The standard InChI is InChI=1S/C15H17FN2S.ClH/c16-14-3-1-2-12(10-14)15(13-4-9-19-11-13)18-7-5-17-6-8-18;/h1-4,9-11,15,17H,5-8H2;1H/t15-;/m1./s1. The van der Waals surface area contributed by atoms with Crippen LogP contribution in [0, 0.1) is 5.82 Å². The Labute approximate surface area is 129 Å². The van der Waals surface area contributed by atoms with E-state index in [2.05, 4.69) is 27.0 Å². The van der Waals surface area contributed by atoms with Crippen molar-refractivity contribution in [3.8, 4) is 0 Å². The Hall–Kier alpha value is -0.940. The van der Waals surface area contributed by atoms with Gasteiger partial charge in [0, 0.05) is 26.2 Å². The van der Waals surface area contributed by atoms with Gasteiger partial charge in [-0.2, -0.15) is 11.3 Å². The van der Waals surface area contributed by atoms with Crippen LogP contribution in [0.4, 0.5) is 4.39 Å². The van der Waals surface area contributed by atoms with Crippen LogP contribution in [0.2, 0.25) is 0 Å². The number of nitrogens with zero attached hydrogens (tertiary/aromatic N) is 1. The van der Waals surface area contributed by atoms with E-state index in [-0.39, 0.29) is 24.3 Å². The number of rotatable bonds is 3. The zero-order chi connectivity index (χ0) is 13.1. The summed E-state index contributed by atoms with van der Waals surface area (Å²) < 4.78 is 13.5. The van der Waals surface area contributed by atoms with Gasteiger partial charge in [0.1, 0.15) is 5.82 Å². The molecule has 0 aliphatic carbocycles. The second kappa shape index (κ2) is 7.18. The van der Waals surface area contributed by atoms with Crippen molar-refractivity contribution in [2.45, 2.75) is 6.04 Å². The first-order valence-corrected chi connectivity index (χ1v) is 7.51. The Kier molecular flexibility index (Phi) is 5.54. The molecule has 0 spiro atoms. The van der Waals surface area contributed by atoms with E-state index in [4.69, 9.17) is 0 Å². The summed E-state index contributed by atoms with van der Waals surface area (Å²) in [5.41, 5.74) is 2.30. The van der Waals surface area contributed by atoms with Gasteiger partial charge in [0.2, 0.25) is 0 Å². The molecule has 1 aromatic carbocycles. The number of hydrogen-bond acceptors (Lipinski definition) is 3. The molecule has 2 heterocycles. The summed E-state index contributed by atoms with van der Waals surface area (Å²) in [7, 11) is 0. The van der Waals surface area contributed by atoms with Gasteiger partial charge in [-0.15, -0.1) is 12.4 Å². The normalized spacial score (nSPS) is 17.4. The van der Waals surface area contributed by atoms with Crippen molar-refractivity contribution in [2.24, 2.45) is 0 Å². The fraction of sp³-hybridized carbons (Fsp3) is 0.333. The Balaban J connectivity index is 0.00000147. The van der Waals surface area contributed by atoms with E-state index in [9.17, 15) is 4.39 Å². The van der Waals surface area contributed by atoms with Crippen LogP contribution in [0.1, 0.15) is 17.2 Å². The summed E-state index contributed by atoms with van der Waals surface area (Å²) >= 11 is 1.69. The summed E-state index contributed by atoms with van der Waals surface area (Å²) in [4.78, 5) is 2.42. The quantitative estimate of drug-likeness (QED) is 0.935. The molecule has 0 amide bonds. The smallest absolute Gasteiger partial charge is 0.123 e. The monoisotopic (exact) mass is 312 g/mol. The largest absolute Gasteiger partial charge is 0.314 e. The number of nitrogens with one attached hydrogen (secondary N) is 1. The van der Waals surface area contributed by atoms with E-state index in [1.54, 1.807) is 23.5 Å². The van der Waals surface area contributed by atoms with Crippen molar-refractivity contribution in [1.82, 2.24) is 10.2 Å². The highest BCUT2D eigenvalue weighted by Gasteiger charge is 2.24. The molecule has 3 rings (SSSR count). The molecule has 0 radical (unpaired) electrons. The molecular weight excluding hydrogens is 295 g/mol. The van der Waals surface area contributed by atoms with Gasteiger partial charge in [0.05, 0.1) is 6.04 Å². The van der Waals surface area contributed by atoms with Crippen molar-refractivity contribution >= 4 is 23.7 Å². The molecule has 20 heavy (non-hydrogen) atoms. The summed E-state index contributed by atoms with van der Waals surface area (Å²) in [6, 6.07) is 9.29. The van der Waals surface area contributed by atoms with E-state index in [0.29, 0.717) is 0 Å². The first-order valence-electron chi connectivity index (χ1n) is 6.57. The number of hydrogen-bond donors (Lipinski definition) is 1. The summed E-state index contributed by atoms with van der Waals surface area (Å²) in [6.45, 7) is 3.99. The third kappa shape index (κ3) is 3.38. The maximum atomic E-state index is 13.5. The molecule has 1 aliphatic heterocycles. The summed E-state index contributed by atoms with van der Waals surface area (Å²) in [5, 5.41) is 7.62. The van der Waals surface area contributed by atoms with Crippen LogP contribution in [0.25, 0.3) is 0 Å².